The van der Waals surface area contributed by atoms with Crippen LogP contribution in [0.5, 0.6) is 0 Å². The lowest BCUT2D eigenvalue weighted by Crippen LogP contribution is -2.66. The zero-order valence-electron chi connectivity index (χ0n) is 29.2. The molecule has 0 saturated carbocycles. The summed E-state index contributed by atoms with van der Waals surface area (Å²) >= 11 is 0. The molecule has 17 N–H and O–H groups in total. The highest BCUT2D eigenvalue weighted by Gasteiger charge is 2.54. The van der Waals surface area contributed by atoms with E-state index >= 15 is 0 Å². The van der Waals surface area contributed by atoms with E-state index in [1.54, 1.807) is 0 Å². The first kappa shape index (κ1) is 46.0. The fraction of sp³-hybridized carbons (Fsp3) is 1.00. The topological polar surface area (TPSA) is 427 Å². The molecule has 0 bridgehead atoms. The molecular weight excluding hydrogens is 776 g/mol. The summed E-state index contributed by atoms with van der Waals surface area (Å²) in [6, 6.07) is 0. The highest BCUT2D eigenvalue weighted by molar-refractivity contribution is 4.97. The second-order valence-electron chi connectivity index (χ2n) is 14.0. The summed E-state index contributed by atoms with van der Waals surface area (Å²) in [5, 5.41) is 175. The van der Waals surface area contributed by atoms with Crippen LogP contribution < -0.4 is 0 Å². The summed E-state index contributed by atoms with van der Waals surface area (Å²) in [7, 11) is 0. The Morgan fingerprint density at radius 1 is 0.304 bits per heavy atom. The van der Waals surface area contributed by atoms with E-state index in [2.05, 4.69) is 0 Å². The molecule has 328 valence electrons. The SMILES string of the molecule is OC[C@H]1O[C@H](OC[C@H]2O[C@H](OC[C@H]3OC(O)[C@@H](O)[C@@H](O[C@H]4O[C@H](CO)[C@@H](O)[C@H](O)[C@@H]4O)[C@@H]3O)[C@@H](O[C@H]3O[C@H](CO)[C@@H](O)[C@H](O)[C@@H]3O)[C@@H](O)[C@@H]2O)[C@@H](O)[C@@H](O)[C@@H]1O. The fourth-order valence-electron chi connectivity index (χ4n) is 6.79. The molecule has 0 radical (unpaired) electrons. The van der Waals surface area contributed by atoms with Gasteiger partial charge < -0.3 is 129 Å². The number of aliphatic hydroxyl groups is 17. The third kappa shape index (κ3) is 9.46. The Kier molecular flexibility index (Phi) is 16.1. The lowest BCUT2D eigenvalue weighted by atomic mass is 9.96. The van der Waals surface area contributed by atoms with Crippen molar-refractivity contribution in [3.8, 4) is 0 Å². The van der Waals surface area contributed by atoms with Crippen molar-refractivity contribution in [1.82, 2.24) is 0 Å². The van der Waals surface area contributed by atoms with Gasteiger partial charge in [0.25, 0.3) is 0 Å². The highest BCUT2D eigenvalue weighted by atomic mass is 16.8. The molecule has 0 aromatic carbocycles. The van der Waals surface area contributed by atoms with Gasteiger partial charge in [0.05, 0.1) is 33.0 Å². The molecule has 5 saturated heterocycles. The van der Waals surface area contributed by atoms with Gasteiger partial charge in [-0.1, -0.05) is 0 Å². The minimum atomic E-state index is -2.12. The Morgan fingerprint density at radius 2 is 0.661 bits per heavy atom. The van der Waals surface area contributed by atoms with Crippen molar-refractivity contribution in [1.29, 1.82) is 0 Å². The van der Waals surface area contributed by atoms with Crippen LogP contribution in [0.4, 0.5) is 0 Å². The Labute approximate surface area is 316 Å². The summed E-state index contributed by atoms with van der Waals surface area (Å²) in [5.41, 5.74) is 0. The summed E-state index contributed by atoms with van der Waals surface area (Å²) in [4.78, 5) is 0. The smallest absolute Gasteiger partial charge is 0.187 e. The van der Waals surface area contributed by atoms with E-state index in [1.165, 1.54) is 0 Å². The second kappa shape index (κ2) is 19.6. The molecule has 0 amide bonds. The monoisotopic (exact) mass is 828 g/mol. The van der Waals surface area contributed by atoms with Crippen LogP contribution in [0.25, 0.3) is 0 Å². The van der Waals surface area contributed by atoms with Gasteiger partial charge in [-0.05, 0) is 0 Å². The van der Waals surface area contributed by atoms with Crippen molar-refractivity contribution < 1.29 is 129 Å². The molecule has 5 fully saturated rings. The van der Waals surface area contributed by atoms with Crippen LogP contribution in [0.15, 0.2) is 0 Å². The van der Waals surface area contributed by atoms with Gasteiger partial charge in [0.2, 0.25) is 0 Å². The summed E-state index contributed by atoms with van der Waals surface area (Å²) in [5.74, 6) is 0. The first-order chi connectivity index (χ1) is 26.4. The molecule has 5 aliphatic heterocycles. The first-order valence-corrected chi connectivity index (χ1v) is 17.6. The van der Waals surface area contributed by atoms with E-state index in [0.717, 1.165) is 0 Å². The predicted octanol–water partition coefficient (Wildman–Crippen LogP) is -11.9. The van der Waals surface area contributed by atoms with E-state index in [4.69, 9.17) is 42.6 Å². The van der Waals surface area contributed by atoms with Gasteiger partial charge in [-0.15, -0.1) is 0 Å². The van der Waals surface area contributed by atoms with Gasteiger partial charge in [-0.2, -0.15) is 0 Å². The van der Waals surface area contributed by atoms with Crippen LogP contribution in [0, 0.1) is 0 Å². The molecule has 5 rings (SSSR count). The maximum Gasteiger partial charge on any atom is 0.187 e. The summed E-state index contributed by atoms with van der Waals surface area (Å²) in [6.07, 6.45) is -46.0. The van der Waals surface area contributed by atoms with Crippen LogP contribution in [-0.4, -0.2) is 273 Å². The van der Waals surface area contributed by atoms with E-state index in [1.807, 2.05) is 0 Å². The summed E-state index contributed by atoms with van der Waals surface area (Å²) < 4.78 is 49.2. The molecule has 56 heavy (non-hydrogen) atoms. The lowest BCUT2D eigenvalue weighted by Gasteiger charge is -2.47. The molecule has 5 heterocycles. The molecule has 26 heteroatoms. The van der Waals surface area contributed by atoms with Gasteiger partial charge >= 0.3 is 0 Å². The van der Waals surface area contributed by atoms with E-state index in [-0.39, 0.29) is 0 Å². The number of hydrogen-bond acceptors (Lipinski definition) is 26. The molecule has 0 aromatic rings. The third-order valence-corrected chi connectivity index (χ3v) is 10.3. The molecule has 26 nitrogen and oxygen atoms in total. The number of hydrogen-bond donors (Lipinski definition) is 17. The van der Waals surface area contributed by atoms with Gasteiger partial charge in [-0.3, -0.25) is 0 Å². The fourth-order valence-corrected chi connectivity index (χ4v) is 6.79. The van der Waals surface area contributed by atoms with Crippen LogP contribution in [0.2, 0.25) is 0 Å². The predicted molar refractivity (Wildman–Crippen MR) is 167 cm³/mol. The second-order valence-corrected chi connectivity index (χ2v) is 14.0. The van der Waals surface area contributed by atoms with E-state index in [9.17, 15) is 86.8 Å². The molecule has 0 spiro atoms. The van der Waals surface area contributed by atoms with Crippen molar-refractivity contribution >= 4 is 0 Å². The number of aliphatic hydroxyl groups excluding tert-OH is 17. The molecule has 0 aromatic heterocycles. The zero-order chi connectivity index (χ0) is 41.3. The Hall–Kier alpha value is -1.04. The Morgan fingerprint density at radius 3 is 1.12 bits per heavy atom. The largest absolute Gasteiger partial charge is 0.394 e. The summed E-state index contributed by atoms with van der Waals surface area (Å²) in [6.45, 7) is -4.14. The normalized spacial score (nSPS) is 53.2. The van der Waals surface area contributed by atoms with E-state index < -0.39 is 187 Å². The standard InChI is InChI=1S/C30H52O26/c31-1-6-11(34)16(39)20(43)27(51-6)48-4-9-14(37)19(42)25(56-29-22(45)18(41)13(36)8(3-33)53-29)30(54-9)49-5-10-15(38)24(23(46)26(47)50-10)55-28-21(44)17(40)12(35)7(2-32)52-28/h6-47H,1-5H2/t6-,7-,8-,9-,10-,11-,12-,13-,14-,15-,16+,17+,18+,19+,20+,21+,22+,23+,24+,25+,26?,27+,28-,29-,30+/m1/s1. The van der Waals surface area contributed by atoms with Crippen molar-refractivity contribution in [3.63, 3.8) is 0 Å². The van der Waals surface area contributed by atoms with Gasteiger partial charge in [0, 0.05) is 0 Å². The average Bonchev–Trinajstić information content (AvgIpc) is 3.18. The van der Waals surface area contributed by atoms with Gasteiger partial charge in [-0.25, -0.2) is 0 Å². The van der Waals surface area contributed by atoms with Crippen LogP contribution in [0.3, 0.4) is 0 Å². The molecule has 0 aliphatic carbocycles. The van der Waals surface area contributed by atoms with Crippen molar-refractivity contribution in [3.05, 3.63) is 0 Å². The molecule has 5 aliphatic rings. The first-order valence-electron chi connectivity index (χ1n) is 17.6. The highest BCUT2D eigenvalue weighted by Crippen LogP contribution is 2.33. The van der Waals surface area contributed by atoms with E-state index in [0.29, 0.717) is 0 Å². The van der Waals surface area contributed by atoms with Crippen molar-refractivity contribution in [2.75, 3.05) is 33.0 Å². The minimum Gasteiger partial charge on any atom is -0.394 e. The number of rotatable bonds is 13. The Balaban J connectivity index is 1.33. The molecular formula is C30H52O26. The maximum absolute atomic E-state index is 11.2. The van der Waals surface area contributed by atoms with Crippen molar-refractivity contribution in [2.45, 2.75) is 154 Å². The number of ether oxygens (including phenoxy) is 9. The maximum atomic E-state index is 11.2. The average molecular weight is 829 g/mol. The minimum absolute atomic E-state index is 0.768. The third-order valence-electron chi connectivity index (χ3n) is 10.3. The van der Waals surface area contributed by atoms with Crippen LogP contribution in [0.1, 0.15) is 0 Å². The Bertz CT molecular complexity index is 1200. The lowest BCUT2D eigenvalue weighted by molar-refractivity contribution is -0.380. The molecule has 25 atom stereocenters. The zero-order valence-corrected chi connectivity index (χ0v) is 29.2. The van der Waals surface area contributed by atoms with Crippen molar-refractivity contribution in [2.24, 2.45) is 0 Å². The quantitative estimate of drug-likeness (QED) is 0.0819. The van der Waals surface area contributed by atoms with Gasteiger partial charge in [0.15, 0.2) is 31.5 Å². The van der Waals surface area contributed by atoms with Crippen LogP contribution >= 0.6 is 0 Å². The van der Waals surface area contributed by atoms with Gasteiger partial charge in [0.1, 0.15) is 122 Å². The van der Waals surface area contributed by atoms with Crippen LogP contribution in [-0.2, 0) is 42.6 Å². The molecule has 1 unspecified atom stereocenters.